The van der Waals surface area contributed by atoms with Gasteiger partial charge in [-0.2, -0.15) is 0 Å². The minimum absolute atomic E-state index is 0.0260. The van der Waals surface area contributed by atoms with E-state index in [4.69, 9.17) is 0 Å². The van der Waals surface area contributed by atoms with Gasteiger partial charge in [-0.15, -0.1) is 0 Å². The molecule has 1 aromatic carbocycles. The quantitative estimate of drug-likeness (QED) is 0.772. The first-order valence-electron chi connectivity index (χ1n) is 6.48. The number of aliphatic hydroxyl groups excluding tert-OH is 1. The fourth-order valence-corrected chi connectivity index (χ4v) is 2.58. The largest absolute Gasteiger partial charge is 0.508 e. The molecule has 1 fully saturated rings. The van der Waals surface area contributed by atoms with E-state index in [1.165, 1.54) is 6.07 Å². The van der Waals surface area contributed by atoms with Crippen LogP contribution in [0.25, 0.3) is 0 Å². The third kappa shape index (κ3) is 3.00. The lowest BCUT2D eigenvalue weighted by atomic mass is 10.0. The molecule has 0 aromatic heterocycles. The van der Waals surface area contributed by atoms with Crippen LogP contribution < -0.4 is 5.32 Å². The average Bonchev–Trinajstić information content (AvgIpc) is 2.72. The first-order valence-corrected chi connectivity index (χ1v) is 6.48. The third-order valence-electron chi connectivity index (χ3n) is 3.76. The van der Waals surface area contributed by atoms with Gasteiger partial charge in [0.15, 0.2) is 0 Å². The van der Waals surface area contributed by atoms with E-state index < -0.39 is 5.82 Å². The molecular formula is C14H20FNO2. The van der Waals surface area contributed by atoms with Gasteiger partial charge in [-0.25, -0.2) is 4.39 Å². The van der Waals surface area contributed by atoms with E-state index in [0.717, 1.165) is 31.9 Å². The van der Waals surface area contributed by atoms with Crippen molar-refractivity contribution in [2.24, 2.45) is 5.92 Å². The van der Waals surface area contributed by atoms with Crippen LogP contribution in [-0.4, -0.2) is 22.9 Å². The van der Waals surface area contributed by atoms with Crippen molar-refractivity contribution in [2.45, 2.75) is 38.3 Å². The van der Waals surface area contributed by atoms with Gasteiger partial charge < -0.3 is 15.5 Å². The molecule has 0 heterocycles. The molecule has 0 saturated heterocycles. The Kier molecular flexibility index (Phi) is 4.19. The number of aliphatic hydroxyl groups is 1. The molecule has 3 N–H and O–H groups in total. The summed E-state index contributed by atoms with van der Waals surface area (Å²) in [4.78, 5) is 0. The van der Waals surface area contributed by atoms with Gasteiger partial charge in [0.25, 0.3) is 0 Å². The molecule has 0 bridgehead atoms. The Labute approximate surface area is 107 Å². The highest BCUT2D eigenvalue weighted by atomic mass is 19.1. The second-order valence-corrected chi connectivity index (χ2v) is 5.09. The summed E-state index contributed by atoms with van der Waals surface area (Å²) < 4.78 is 12.9. The Hall–Kier alpha value is -1.13. The summed E-state index contributed by atoms with van der Waals surface area (Å²) in [7, 11) is 0. The van der Waals surface area contributed by atoms with Crippen LogP contribution in [-0.2, 0) is 0 Å². The lowest BCUT2D eigenvalue weighted by Crippen LogP contribution is -2.29. The fraction of sp³-hybridized carbons (Fsp3) is 0.571. The summed E-state index contributed by atoms with van der Waals surface area (Å²) in [6.07, 6.45) is 2.77. The Balaban J connectivity index is 1.93. The summed E-state index contributed by atoms with van der Waals surface area (Å²) >= 11 is 0. The Morgan fingerprint density at radius 1 is 1.44 bits per heavy atom. The molecule has 2 rings (SSSR count). The maximum atomic E-state index is 12.9. The molecule has 3 nitrogen and oxygen atoms in total. The molecule has 0 radical (unpaired) electrons. The lowest BCUT2D eigenvalue weighted by molar-refractivity contribution is 0.130. The smallest absolute Gasteiger partial charge is 0.126 e. The van der Waals surface area contributed by atoms with E-state index >= 15 is 0 Å². The molecule has 100 valence electrons. The fourth-order valence-electron chi connectivity index (χ4n) is 2.58. The highest BCUT2D eigenvalue weighted by Gasteiger charge is 2.25. The van der Waals surface area contributed by atoms with Crippen molar-refractivity contribution in [2.75, 3.05) is 6.54 Å². The van der Waals surface area contributed by atoms with Crippen molar-refractivity contribution in [1.82, 2.24) is 5.32 Å². The Morgan fingerprint density at radius 3 is 2.83 bits per heavy atom. The van der Waals surface area contributed by atoms with Crippen LogP contribution >= 0.6 is 0 Å². The highest BCUT2D eigenvalue weighted by molar-refractivity contribution is 5.34. The zero-order valence-corrected chi connectivity index (χ0v) is 10.6. The molecule has 0 amide bonds. The summed E-state index contributed by atoms with van der Waals surface area (Å²) in [6, 6.07) is 4.00. The number of phenolic OH excluding ortho intramolecular Hbond substituents is 1. The average molecular weight is 253 g/mol. The monoisotopic (exact) mass is 253 g/mol. The topological polar surface area (TPSA) is 52.5 Å². The standard InChI is InChI=1S/C14H20FNO2/c1-9(12-6-5-11(15)7-14(12)18)16-8-10-3-2-4-13(10)17/h5-7,9-10,13,16-18H,2-4,8H2,1H3. The van der Waals surface area contributed by atoms with E-state index in [0.29, 0.717) is 5.56 Å². The highest BCUT2D eigenvalue weighted by Crippen LogP contribution is 2.27. The normalized spacial score (nSPS) is 25.3. The van der Waals surface area contributed by atoms with Crippen molar-refractivity contribution in [3.63, 3.8) is 0 Å². The van der Waals surface area contributed by atoms with Crippen molar-refractivity contribution in [3.05, 3.63) is 29.6 Å². The summed E-state index contributed by atoms with van der Waals surface area (Å²) in [5, 5.41) is 22.7. The second-order valence-electron chi connectivity index (χ2n) is 5.09. The van der Waals surface area contributed by atoms with Crippen LogP contribution in [0.3, 0.4) is 0 Å². The third-order valence-corrected chi connectivity index (χ3v) is 3.76. The van der Waals surface area contributed by atoms with Gasteiger partial charge in [0.1, 0.15) is 11.6 Å². The molecule has 1 saturated carbocycles. The molecule has 0 spiro atoms. The van der Waals surface area contributed by atoms with Crippen LogP contribution in [0.15, 0.2) is 18.2 Å². The van der Waals surface area contributed by atoms with Gasteiger partial charge in [-0.1, -0.05) is 12.5 Å². The molecule has 3 atom stereocenters. The van der Waals surface area contributed by atoms with Crippen molar-refractivity contribution in [3.8, 4) is 5.75 Å². The second kappa shape index (κ2) is 5.67. The van der Waals surface area contributed by atoms with Gasteiger partial charge in [0.05, 0.1) is 6.10 Å². The first-order chi connectivity index (χ1) is 8.58. The van der Waals surface area contributed by atoms with Crippen LogP contribution in [0, 0.1) is 11.7 Å². The number of hydrogen-bond donors (Lipinski definition) is 3. The molecule has 1 aliphatic rings. The minimum Gasteiger partial charge on any atom is -0.508 e. The summed E-state index contributed by atoms with van der Waals surface area (Å²) in [6.45, 7) is 2.65. The number of phenols is 1. The van der Waals surface area contributed by atoms with E-state index in [9.17, 15) is 14.6 Å². The lowest BCUT2D eigenvalue weighted by Gasteiger charge is -2.20. The molecule has 1 aliphatic carbocycles. The molecule has 4 heteroatoms. The van der Waals surface area contributed by atoms with Gasteiger partial charge in [-0.05, 0) is 31.7 Å². The number of rotatable bonds is 4. The molecule has 1 aromatic rings. The first kappa shape index (κ1) is 13.3. The minimum atomic E-state index is -0.435. The van der Waals surface area contributed by atoms with Gasteiger partial charge >= 0.3 is 0 Å². The summed E-state index contributed by atoms with van der Waals surface area (Å²) in [5.74, 6) is -0.174. The van der Waals surface area contributed by atoms with Crippen LogP contribution in [0.1, 0.15) is 37.8 Å². The van der Waals surface area contributed by atoms with Gasteiger partial charge in [0.2, 0.25) is 0 Å². The van der Waals surface area contributed by atoms with Crippen molar-refractivity contribution < 1.29 is 14.6 Å². The Bertz CT molecular complexity index is 411. The predicted molar refractivity (Wildman–Crippen MR) is 67.8 cm³/mol. The van der Waals surface area contributed by atoms with Gasteiger partial charge in [0, 0.05) is 24.2 Å². The van der Waals surface area contributed by atoms with Gasteiger partial charge in [-0.3, -0.25) is 0 Å². The van der Waals surface area contributed by atoms with E-state index in [-0.39, 0.29) is 23.8 Å². The van der Waals surface area contributed by atoms with Crippen LogP contribution in [0.2, 0.25) is 0 Å². The van der Waals surface area contributed by atoms with Crippen LogP contribution in [0.4, 0.5) is 4.39 Å². The molecule has 0 aliphatic heterocycles. The zero-order valence-electron chi connectivity index (χ0n) is 10.6. The Morgan fingerprint density at radius 2 is 2.22 bits per heavy atom. The molecule has 18 heavy (non-hydrogen) atoms. The van der Waals surface area contributed by atoms with E-state index in [1.54, 1.807) is 6.07 Å². The van der Waals surface area contributed by atoms with E-state index in [2.05, 4.69) is 5.32 Å². The number of nitrogens with one attached hydrogen (secondary N) is 1. The number of hydrogen-bond acceptors (Lipinski definition) is 3. The molecule has 3 unspecified atom stereocenters. The number of halogens is 1. The summed E-state index contributed by atoms with van der Waals surface area (Å²) in [5.41, 5.74) is 0.684. The van der Waals surface area contributed by atoms with Crippen molar-refractivity contribution in [1.29, 1.82) is 0 Å². The van der Waals surface area contributed by atoms with E-state index in [1.807, 2.05) is 6.92 Å². The maximum Gasteiger partial charge on any atom is 0.126 e. The zero-order chi connectivity index (χ0) is 13.1. The van der Waals surface area contributed by atoms with Crippen molar-refractivity contribution >= 4 is 0 Å². The SMILES string of the molecule is CC(NCC1CCCC1O)c1ccc(F)cc1O. The number of aromatic hydroxyl groups is 1. The maximum absolute atomic E-state index is 12.9. The van der Waals surface area contributed by atoms with Crippen LogP contribution in [0.5, 0.6) is 5.75 Å². The number of benzene rings is 1. The predicted octanol–water partition coefficient (Wildman–Crippen LogP) is 2.34. The molecular weight excluding hydrogens is 233 g/mol.